The standard InChI is InChI=1S/C23H23BrClFN2O3/c1-2-29-21-12-16(14-27-9-10-30-22-5-3-4-8-28-22)11-19(24)23(21)31-15-17-6-7-18(26)13-20(17)25/h3-8,11-13,27H,2,9-10,14-15H2,1H3. The maximum Gasteiger partial charge on any atom is 0.213 e. The number of hydrogen-bond donors (Lipinski definition) is 1. The van der Waals surface area contributed by atoms with E-state index in [1.54, 1.807) is 12.3 Å². The predicted molar refractivity (Wildman–Crippen MR) is 122 cm³/mol. The second-order valence-electron chi connectivity index (χ2n) is 6.56. The van der Waals surface area contributed by atoms with E-state index in [1.165, 1.54) is 12.1 Å². The summed E-state index contributed by atoms with van der Waals surface area (Å²) in [6.45, 7) is 4.41. The Kier molecular flexibility index (Phi) is 8.94. The smallest absolute Gasteiger partial charge is 0.213 e. The number of aromatic nitrogens is 1. The molecule has 0 fully saturated rings. The van der Waals surface area contributed by atoms with Gasteiger partial charge in [-0.2, -0.15) is 0 Å². The number of pyridine rings is 1. The Bertz CT molecular complexity index is 992. The summed E-state index contributed by atoms with van der Waals surface area (Å²) in [5, 5.41) is 3.66. The number of benzene rings is 2. The molecule has 0 amide bonds. The molecule has 0 aliphatic heterocycles. The van der Waals surface area contributed by atoms with E-state index in [9.17, 15) is 4.39 Å². The Morgan fingerprint density at radius 2 is 1.97 bits per heavy atom. The van der Waals surface area contributed by atoms with Crippen LogP contribution in [0.5, 0.6) is 17.4 Å². The highest BCUT2D eigenvalue weighted by Crippen LogP contribution is 2.38. The summed E-state index contributed by atoms with van der Waals surface area (Å²) in [7, 11) is 0. The number of hydrogen-bond acceptors (Lipinski definition) is 5. The van der Waals surface area contributed by atoms with Crippen LogP contribution in [0.1, 0.15) is 18.1 Å². The number of halogens is 3. The summed E-state index contributed by atoms with van der Waals surface area (Å²) in [5.74, 6) is 1.42. The summed E-state index contributed by atoms with van der Waals surface area (Å²) < 4.78 is 31.3. The third-order valence-corrected chi connectivity index (χ3v) is 5.19. The van der Waals surface area contributed by atoms with Crippen LogP contribution < -0.4 is 19.5 Å². The fourth-order valence-corrected chi connectivity index (χ4v) is 3.63. The highest BCUT2D eigenvalue weighted by atomic mass is 79.9. The minimum Gasteiger partial charge on any atom is -0.490 e. The van der Waals surface area contributed by atoms with E-state index in [4.69, 9.17) is 25.8 Å². The van der Waals surface area contributed by atoms with Gasteiger partial charge in [-0.3, -0.25) is 0 Å². The quantitative estimate of drug-likeness (QED) is 0.332. The molecule has 0 saturated carbocycles. The molecule has 0 unspecified atom stereocenters. The van der Waals surface area contributed by atoms with Crippen molar-refractivity contribution in [2.75, 3.05) is 19.8 Å². The van der Waals surface area contributed by atoms with Gasteiger partial charge in [-0.25, -0.2) is 9.37 Å². The van der Waals surface area contributed by atoms with Crippen molar-refractivity contribution in [3.63, 3.8) is 0 Å². The van der Waals surface area contributed by atoms with Crippen molar-refractivity contribution in [1.82, 2.24) is 10.3 Å². The SMILES string of the molecule is CCOc1cc(CNCCOc2ccccn2)cc(Br)c1OCc1ccc(F)cc1Cl. The van der Waals surface area contributed by atoms with Gasteiger partial charge in [-0.05, 0) is 58.7 Å². The van der Waals surface area contributed by atoms with Crippen LogP contribution >= 0.6 is 27.5 Å². The Morgan fingerprint density at radius 1 is 1.10 bits per heavy atom. The second-order valence-corrected chi connectivity index (χ2v) is 7.82. The summed E-state index contributed by atoms with van der Waals surface area (Å²) >= 11 is 9.66. The van der Waals surface area contributed by atoms with Gasteiger partial charge in [0.05, 0.1) is 16.1 Å². The van der Waals surface area contributed by atoms with Crippen molar-refractivity contribution in [3.05, 3.63) is 81.2 Å². The largest absolute Gasteiger partial charge is 0.490 e. The highest BCUT2D eigenvalue weighted by Gasteiger charge is 2.14. The Balaban J connectivity index is 1.58. The summed E-state index contributed by atoms with van der Waals surface area (Å²) in [5.41, 5.74) is 1.72. The fourth-order valence-electron chi connectivity index (χ4n) is 2.81. The number of nitrogens with zero attached hydrogens (tertiary/aromatic N) is 1. The van der Waals surface area contributed by atoms with Gasteiger partial charge in [0.15, 0.2) is 11.5 Å². The van der Waals surface area contributed by atoms with Crippen molar-refractivity contribution >= 4 is 27.5 Å². The van der Waals surface area contributed by atoms with Crippen molar-refractivity contribution < 1.29 is 18.6 Å². The molecule has 2 aromatic carbocycles. The molecule has 31 heavy (non-hydrogen) atoms. The Hall–Kier alpha value is -2.35. The molecule has 0 spiro atoms. The van der Waals surface area contributed by atoms with Crippen LogP contribution in [0.4, 0.5) is 4.39 Å². The predicted octanol–water partition coefficient (Wildman–Crippen LogP) is 5.78. The third kappa shape index (κ3) is 7.09. The third-order valence-electron chi connectivity index (χ3n) is 4.25. The minimum atomic E-state index is -0.382. The molecular weight excluding hydrogens is 487 g/mol. The molecule has 1 aromatic heterocycles. The lowest BCUT2D eigenvalue weighted by Crippen LogP contribution is -2.20. The van der Waals surface area contributed by atoms with E-state index in [1.807, 2.05) is 37.3 Å². The molecule has 0 aliphatic rings. The van der Waals surface area contributed by atoms with Gasteiger partial charge in [0, 0.05) is 30.9 Å². The maximum atomic E-state index is 13.3. The topological polar surface area (TPSA) is 52.6 Å². The van der Waals surface area contributed by atoms with Crippen LogP contribution in [0.2, 0.25) is 5.02 Å². The molecule has 0 aliphatic carbocycles. The molecule has 1 heterocycles. The van der Waals surface area contributed by atoms with Crippen LogP contribution in [0.3, 0.4) is 0 Å². The van der Waals surface area contributed by atoms with Crippen LogP contribution in [-0.2, 0) is 13.2 Å². The van der Waals surface area contributed by atoms with E-state index in [2.05, 4.69) is 26.2 Å². The molecule has 5 nitrogen and oxygen atoms in total. The van der Waals surface area contributed by atoms with Gasteiger partial charge in [0.25, 0.3) is 0 Å². The van der Waals surface area contributed by atoms with E-state index < -0.39 is 0 Å². The first-order valence-electron chi connectivity index (χ1n) is 9.83. The minimum absolute atomic E-state index is 0.195. The molecule has 1 N–H and O–H groups in total. The maximum absolute atomic E-state index is 13.3. The second kappa shape index (κ2) is 11.9. The molecule has 164 valence electrons. The summed E-state index contributed by atoms with van der Waals surface area (Å²) in [4.78, 5) is 4.12. The zero-order valence-corrected chi connectivity index (χ0v) is 19.4. The lowest BCUT2D eigenvalue weighted by molar-refractivity contribution is 0.267. The van der Waals surface area contributed by atoms with Crippen molar-refractivity contribution in [1.29, 1.82) is 0 Å². The Labute approximate surface area is 194 Å². The molecule has 0 saturated heterocycles. The lowest BCUT2D eigenvalue weighted by Gasteiger charge is -2.16. The van der Waals surface area contributed by atoms with Crippen LogP contribution in [0.15, 0.2) is 59.2 Å². The highest BCUT2D eigenvalue weighted by molar-refractivity contribution is 9.10. The molecule has 0 atom stereocenters. The van der Waals surface area contributed by atoms with Gasteiger partial charge < -0.3 is 19.5 Å². The molecule has 0 bridgehead atoms. The fraction of sp³-hybridized carbons (Fsp3) is 0.261. The van der Waals surface area contributed by atoms with Gasteiger partial charge >= 0.3 is 0 Å². The van der Waals surface area contributed by atoms with E-state index in [0.717, 1.165) is 10.0 Å². The van der Waals surface area contributed by atoms with Crippen LogP contribution in [0.25, 0.3) is 0 Å². The number of rotatable bonds is 11. The first-order valence-corrected chi connectivity index (χ1v) is 11.0. The first kappa shape index (κ1) is 23.3. The molecular formula is C23H23BrClFN2O3. The molecule has 0 radical (unpaired) electrons. The number of ether oxygens (including phenoxy) is 3. The Morgan fingerprint density at radius 3 is 2.71 bits per heavy atom. The van der Waals surface area contributed by atoms with Gasteiger partial charge in [0.1, 0.15) is 19.0 Å². The first-order chi connectivity index (χ1) is 15.1. The van der Waals surface area contributed by atoms with Crippen LogP contribution in [-0.4, -0.2) is 24.7 Å². The average Bonchev–Trinajstić information content (AvgIpc) is 2.75. The summed E-state index contributed by atoms with van der Waals surface area (Å²) in [6.07, 6.45) is 1.70. The molecule has 3 aromatic rings. The summed E-state index contributed by atoms with van der Waals surface area (Å²) in [6, 6.07) is 13.7. The van der Waals surface area contributed by atoms with Crippen molar-refractivity contribution in [2.45, 2.75) is 20.1 Å². The van der Waals surface area contributed by atoms with Gasteiger partial charge in [-0.15, -0.1) is 0 Å². The van der Waals surface area contributed by atoms with Crippen molar-refractivity contribution in [3.8, 4) is 17.4 Å². The van der Waals surface area contributed by atoms with Crippen molar-refractivity contribution in [2.24, 2.45) is 0 Å². The van der Waals surface area contributed by atoms with E-state index >= 15 is 0 Å². The van der Waals surface area contributed by atoms with E-state index in [-0.39, 0.29) is 12.4 Å². The molecule has 3 rings (SSSR count). The van der Waals surface area contributed by atoms with Gasteiger partial charge in [0.2, 0.25) is 5.88 Å². The lowest BCUT2D eigenvalue weighted by atomic mass is 10.2. The average molecular weight is 510 g/mol. The van der Waals surface area contributed by atoms with Crippen LogP contribution in [0, 0.1) is 5.82 Å². The monoisotopic (exact) mass is 508 g/mol. The zero-order chi connectivity index (χ0) is 22.1. The zero-order valence-electron chi connectivity index (χ0n) is 17.0. The normalized spacial score (nSPS) is 10.7. The number of nitrogens with one attached hydrogen (secondary N) is 1. The molecule has 8 heteroatoms. The van der Waals surface area contributed by atoms with E-state index in [0.29, 0.717) is 54.3 Å². The van der Waals surface area contributed by atoms with Gasteiger partial charge in [-0.1, -0.05) is 23.7 Å².